The van der Waals surface area contributed by atoms with Crippen LogP contribution in [-0.2, 0) is 20.9 Å². The Morgan fingerprint density at radius 3 is 2.67 bits per heavy atom. The lowest BCUT2D eigenvalue weighted by atomic mass is 9.75. The van der Waals surface area contributed by atoms with Crippen LogP contribution < -0.4 is 14.8 Å². The van der Waals surface area contributed by atoms with Crippen molar-refractivity contribution in [3.8, 4) is 11.5 Å². The molecule has 7 heteroatoms. The molecule has 6 nitrogen and oxygen atoms in total. The third kappa shape index (κ3) is 5.78. The molecule has 0 saturated heterocycles. The van der Waals surface area contributed by atoms with Crippen LogP contribution in [0.2, 0.25) is 0 Å². The first kappa shape index (κ1) is 25.9. The van der Waals surface area contributed by atoms with Crippen LogP contribution in [0.1, 0.15) is 50.2 Å². The smallest absolute Gasteiger partial charge is 0.336 e. The summed E-state index contributed by atoms with van der Waals surface area (Å²) in [6.45, 7) is 4.69. The van der Waals surface area contributed by atoms with Gasteiger partial charge < -0.3 is 19.5 Å². The number of hydrogen-bond donors (Lipinski definition) is 1. The first-order valence-corrected chi connectivity index (χ1v) is 13.5. The highest BCUT2D eigenvalue weighted by Gasteiger charge is 2.39. The van der Waals surface area contributed by atoms with Gasteiger partial charge in [-0.2, -0.15) is 11.8 Å². The Labute approximate surface area is 217 Å². The number of dihydropyridines is 1. The number of Topliss-reactive ketones (excluding diaryl/α,β-unsaturated/α-hetero) is 1. The number of ether oxygens (including phenoxy) is 3. The number of carbonyl (C=O) groups excluding carboxylic acids is 2. The molecule has 1 unspecified atom stereocenters. The highest BCUT2D eigenvalue weighted by atomic mass is 32.2. The Morgan fingerprint density at radius 1 is 1.11 bits per heavy atom. The maximum Gasteiger partial charge on any atom is 0.336 e. The van der Waals surface area contributed by atoms with Gasteiger partial charge in [0.25, 0.3) is 0 Å². The maximum absolute atomic E-state index is 13.3. The Kier molecular flexibility index (Phi) is 8.75. The van der Waals surface area contributed by atoms with E-state index in [-0.39, 0.29) is 5.78 Å². The van der Waals surface area contributed by atoms with E-state index in [0.717, 1.165) is 46.9 Å². The van der Waals surface area contributed by atoms with Crippen molar-refractivity contribution < 1.29 is 23.8 Å². The zero-order valence-corrected chi connectivity index (χ0v) is 21.9. The lowest BCUT2D eigenvalue weighted by Gasteiger charge is -2.34. The molecule has 2 aromatic carbocycles. The number of esters is 1. The number of methoxy groups -OCH3 is 1. The first-order valence-electron chi connectivity index (χ1n) is 12.4. The second-order valence-corrected chi connectivity index (χ2v) is 10.2. The number of hydrogen-bond acceptors (Lipinski definition) is 7. The monoisotopic (exact) mass is 507 g/mol. The van der Waals surface area contributed by atoms with Gasteiger partial charge in [0, 0.05) is 35.1 Å². The highest BCUT2D eigenvalue weighted by molar-refractivity contribution is 7.99. The molecule has 2 aliphatic rings. The minimum absolute atomic E-state index is 0.0662. The minimum Gasteiger partial charge on any atom is -0.493 e. The fraction of sp³-hybridized carbons (Fsp3) is 0.379. The van der Waals surface area contributed by atoms with Crippen molar-refractivity contribution in [2.24, 2.45) is 0 Å². The van der Waals surface area contributed by atoms with Crippen LogP contribution >= 0.6 is 11.8 Å². The molecule has 4 rings (SSSR count). The number of benzene rings is 2. The van der Waals surface area contributed by atoms with Gasteiger partial charge in [0.1, 0.15) is 13.2 Å². The Morgan fingerprint density at radius 2 is 1.92 bits per heavy atom. The van der Waals surface area contributed by atoms with Crippen LogP contribution in [0, 0.1) is 0 Å². The summed E-state index contributed by atoms with van der Waals surface area (Å²) in [7, 11) is 1.59. The molecule has 2 aromatic rings. The Hall–Kier alpha value is -3.19. The summed E-state index contributed by atoms with van der Waals surface area (Å²) >= 11 is 1.72. The molecule has 0 aromatic heterocycles. The topological polar surface area (TPSA) is 73.9 Å². The van der Waals surface area contributed by atoms with E-state index in [1.54, 1.807) is 18.9 Å². The quantitative estimate of drug-likeness (QED) is 0.334. The van der Waals surface area contributed by atoms with Crippen LogP contribution in [0.5, 0.6) is 11.5 Å². The molecule has 0 bridgehead atoms. The van der Waals surface area contributed by atoms with Gasteiger partial charge in [-0.1, -0.05) is 43.3 Å². The van der Waals surface area contributed by atoms with Crippen molar-refractivity contribution >= 4 is 23.5 Å². The van der Waals surface area contributed by atoms with Gasteiger partial charge in [-0.3, -0.25) is 4.79 Å². The zero-order chi connectivity index (χ0) is 25.5. The third-order valence-electron chi connectivity index (χ3n) is 6.42. The van der Waals surface area contributed by atoms with Gasteiger partial charge >= 0.3 is 5.97 Å². The van der Waals surface area contributed by atoms with E-state index in [1.807, 2.05) is 55.5 Å². The number of ketones is 1. The predicted octanol–water partition coefficient (Wildman–Crippen LogP) is 5.54. The molecule has 1 heterocycles. The van der Waals surface area contributed by atoms with Gasteiger partial charge in [0.05, 0.1) is 12.7 Å². The molecule has 0 amide bonds. The Bertz CT molecular complexity index is 1170. The molecular formula is C29H33NO5S. The summed E-state index contributed by atoms with van der Waals surface area (Å²) in [5, 5.41) is 3.34. The average Bonchev–Trinajstić information content (AvgIpc) is 2.89. The second kappa shape index (κ2) is 12.2. The van der Waals surface area contributed by atoms with Crippen LogP contribution in [0.15, 0.2) is 71.1 Å². The number of nitrogens with one attached hydrogen (secondary N) is 1. The van der Waals surface area contributed by atoms with E-state index in [1.165, 1.54) is 0 Å². The predicted molar refractivity (Wildman–Crippen MR) is 142 cm³/mol. The third-order valence-corrected chi connectivity index (χ3v) is 7.28. The van der Waals surface area contributed by atoms with Crippen LogP contribution in [-0.4, -0.2) is 37.0 Å². The normalized spacial score (nSPS) is 17.4. The SMILES string of the molecule is CCSCCOC(=O)C1=C(C)NC2=C(C(=O)CCC2)C1c1ccc(OCc2ccccc2)c(OC)c1. The van der Waals surface area contributed by atoms with E-state index < -0.39 is 11.9 Å². The summed E-state index contributed by atoms with van der Waals surface area (Å²) in [6.07, 6.45) is 2.05. The van der Waals surface area contributed by atoms with Gasteiger partial charge in [-0.25, -0.2) is 4.79 Å². The van der Waals surface area contributed by atoms with Gasteiger partial charge in [-0.05, 0) is 48.8 Å². The average molecular weight is 508 g/mol. The van der Waals surface area contributed by atoms with Crippen LogP contribution in [0.4, 0.5) is 0 Å². The van der Waals surface area contributed by atoms with Crippen molar-refractivity contribution in [1.29, 1.82) is 0 Å². The van der Waals surface area contributed by atoms with Crippen LogP contribution in [0.3, 0.4) is 0 Å². The van der Waals surface area contributed by atoms with Gasteiger partial charge in [0.15, 0.2) is 17.3 Å². The Balaban J connectivity index is 1.67. The van der Waals surface area contributed by atoms with Crippen molar-refractivity contribution in [3.63, 3.8) is 0 Å². The summed E-state index contributed by atoms with van der Waals surface area (Å²) in [4.78, 5) is 26.4. The molecule has 1 N–H and O–H groups in total. The molecule has 1 aliphatic carbocycles. The van der Waals surface area contributed by atoms with Crippen molar-refractivity contribution in [2.45, 2.75) is 45.6 Å². The molecule has 0 radical (unpaired) electrons. The fourth-order valence-electron chi connectivity index (χ4n) is 4.72. The van der Waals surface area contributed by atoms with E-state index >= 15 is 0 Å². The number of thioether (sulfide) groups is 1. The number of carbonyl (C=O) groups is 2. The molecule has 0 saturated carbocycles. The van der Waals surface area contributed by atoms with Crippen molar-refractivity contribution in [3.05, 3.63) is 82.2 Å². The molecule has 190 valence electrons. The lowest BCUT2D eigenvalue weighted by molar-refractivity contribution is -0.138. The van der Waals surface area contributed by atoms with E-state index in [9.17, 15) is 9.59 Å². The minimum atomic E-state index is -0.516. The first-order chi connectivity index (χ1) is 17.5. The standard InChI is InChI=1S/C29H33NO5S/c1-4-36-16-15-34-29(32)26-19(2)30-22-11-8-12-23(31)28(22)27(26)21-13-14-24(25(17-21)33-3)35-18-20-9-6-5-7-10-20/h5-7,9-10,13-14,17,27,30H,4,8,11-12,15-16,18H2,1-3H3. The number of allylic oxidation sites excluding steroid dienone is 3. The maximum atomic E-state index is 13.3. The lowest BCUT2D eigenvalue weighted by Crippen LogP contribution is -2.34. The van der Waals surface area contributed by atoms with E-state index in [2.05, 4.69) is 12.2 Å². The van der Waals surface area contributed by atoms with Gasteiger partial charge in [-0.15, -0.1) is 0 Å². The molecular weight excluding hydrogens is 474 g/mol. The van der Waals surface area contributed by atoms with E-state index in [4.69, 9.17) is 14.2 Å². The summed E-state index contributed by atoms with van der Waals surface area (Å²) in [5.74, 6) is 2.01. The zero-order valence-electron chi connectivity index (χ0n) is 21.1. The second-order valence-electron chi connectivity index (χ2n) is 8.78. The molecule has 0 fully saturated rings. The molecule has 0 spiro atoms. The molecule has 1 aliphatic heterocycles. The fourth-order valence-corrected chi connectivity index (χ4v) is 5.21. The summed E-state index contributed by atoms with van der Waals surface area (Å²) < 4.78 is 17.3. The number of rotatable bonds is 10. The largest absolute Gasteiger partial charge is 0.493 e. The molecule has 36 heavy (non-hydrogen) atoms. The van der Waals surface area contributed by atoms with Crippen molar-refractivity contribution in [2.75, 3.05) is 25.2 Å². The van der Waals surface area contributed by atoms with Crippen molar-refractivity contribution in [1.82, 2.24) is 5.32 Å². The molecule has 1 atom stereocenters. The summed E-state index contributed by atoms with van der Waals surface area (Å²) in [5.41, 5.74) is 4.61. The summed E-state index contributed by atoms with van der Waals surface area (Å²) in [6, 6.07) is 15.6. The highest BCUT2D eigenvalue weighted by Crippen LogP contribution is 2.44. The van der Waals surface area contributed by atoms with Crippen LogP contribution in [0.25, 0.3) is 0 Å². The van der Waals surface area contributed by atoms with E-state index in [0.29, 0.717) is 42.3 Å². The van der Waals surface area contributed by atoms with Gasteiger partial charge in [0.2, 0.25) is 0 Å².